The van der Waals surface area contributed by atoms with Crippen LogP contribution in [0, 0.1) is 23.5 Å². The van der Waals surface area contributed by atoms with Crippen LogP contribution in [0.15, 0.2) is 158 Å². The molecular weight excluding hydrogens is 1010 g/mol. The molecule has 1 unspecified atom stereocenters. The maximum absolute atomic E-state index is 15.8. The van der Waals surface area contributed by atoms with E-state index in [4.69, 9.17) is 10.2 Å². The van der Waals surface area contributed by atoms with Crippen LogP contribution in [0.3, 0.4) is 0 Å². The van der Waals surface area contributed by atoms with Crippen molar-refractivity contribution in [1.29, 1.82) is 0 Å². The third-order valence-corrected chi connectivity index (χ3v) is 15.7. The van der Waals surface area contributed by atoms with Gasteiger partial charge < -0.3 is 9.80 Å². The highest BCUT2D eigenvalue weighted by molar-refractivity contribution is 6.07. The van der Waals surface area contributed by atoms with Crippen molar-refractivity contribution in [3.63, 3.8) is 0 Å². The predicted molar refractivity (Wildman–Crippen MR) is 279 cm³/mol. The number of piperidine rings is 1. The Morgan fingerprint density at radius 2 is 1.47 bits per heavy atom. The Bertz CT molecular complexity index is 3980. The summed E-state index contributed by atoms with van der Waals surface area (Å²) in [6, 6.07) is 24.8. The van der Waals surface area contributed by atoms with Gasteiger partial charge in [-0.1, -0.05) is 55.0 Å². The number of fused-ring (bicyclic) bond motifs is 3. The standard InChI is InChI=1S/C59H47F6N11O2/c1-33-25-40(60)12-14-44(34(33)2)47-19-21-72(68-47)32-43-26-38-27-51(38)76(43)57(77)53-50-16-11-37(30-75(50)70-55(53)45-5-3-4-6-46(45)62)35-7-9-36(10-8-35)54-56(74-23-17-39(59(63,64)65)28-52(74)67-54)58(78)73-24-18-42(73)31-71-22-20-49(69-71)48-15-13-41(61)29-66-48/h3-17,19-23,25,28-30,33,38,42-43,51H,18,24,26-27,31-32H2,1-2H3/t33?,38-,42+,43+,51+/m1/s1. The summed E-state index contributed by atoms with van der Waals surface area (Å²) in [5, 5.41) is 14.4. The molecule has 9 aromatic rings. The first-order chi connectivity index (χ1) is 37.6. The quantitative estimate of drug-likeness (QED) is 0.118. The molecule has 5 atom stereocenters. The molecule has 7 aromatic heterocycles. The summed E-state index contributed by atoms with van der Waals surface area (Å²) in [5.74, 6) is -1.77. The molecule has 0 radical (unpaired) electrons. The molecule has 0 spiro atoms. The minimum absolute atomic E-state index is 0.00906. The van der Waals surface area contributed by atoms with Crippen molar-refractivity contribution in [2.24, 2.45) is 11.8 Å². The fourth-order valence-corrected chi connectivity index (χ4v) is 11.3. The molecular formula is C59H47F6N11O2. The van der Waals surface area contributed by atoms with Gasteiger partial charge in [0.1, 0.15) is 45.9 Å². The number of imidazole rings is 1. The number of pyridine rings is 3. The maximum atomic E-state index is 15.8. The number of rotatable bonds is 11. The molecule has 19 heteroatoms. The number of amides is 2. The van der Waals surface area contributed by atoms with Crippen molar-refractivity contribution in [3.8, 4) is 45.0 Å². The zero-order chi connectivity index (χ0) is 53.7. The van der Waals surface area contributed by atoms with Crippen molar-refractivity contribution in [2.75, 3.05) is 6.54 Å². The summed E-state index contributed by atoms with van der Waals surface area (Å²) in [6.45, 7) is 5.07. The molecule has 3 fully saturated rings. The summed E-state index contributed by atoms with van der Waals surface area (Å²) in [5.41, 5.74) is 5.92. The van der Waals surface area contributed by atoms with E-state index in [1.165, 1.54) is 34.9 Å². The van der Waals surface area contributed by atoms with Crippen molar-refractivity contribution in [3.05, 3.63) is 192 Å². The molecule has 1 saturated carbocycles. The van der Waals surface area contributed by atoms with Gasteiger partial charge in [-0.15, -0.1) is 0 Å². The predicted octanol–water partition coefficient (Wildman–Crippen LogP) is 11.8. The van der Waals surface area contributed by atoms with Gasteiger partial charge in [0, 0.05) is 59.6 Å². The lowest BCUT2D eigenvalue weighted by Crippen LogP contribution is -2.53. The highest BCUT2D eigenvalue weighted by Gasteiger charge is 2.54. The average Bonchev–Trinajstić information content (AvgIpc) is 4.19. The Morgan fingerprint density at radius 1 is 0.731 bits per heavy atom. The average molecular weight is 1060 g/mol. The van der Waals surface area contributed by atoms with Crippen molar-refractivity contribution in [1.82, 2.24) is 53.3 Å². The lowest BCUT2D eigenvalue weighted by Gasteiger charge is -2.41. The highest BCUT2D eigenvalue weighted by atomic mass is 19.4. The Hall–Kier alpha value is -8.87. The fourth-order valence-electron chi connectivity index (χ4n) is 11.3. The molecule has 78 heavy (non-hydrogen) atoms. The van der Waals surface area contributed by atoms with Crippen LogP contribution in [-0.2, 0) is 19.3 Å². The number of carbonyl (C=O) groups excluding carboxylic acids is 2. The zero-order valence-electron chi connectivity index (χ0n) is 42.0. The second kappa shape index (κ2) is 18.7. The summed E-state index contributed by atoms with van der Waals surface area (Å²) < 4.78 is 92.2. The van der Waals surface area contributed by atoms with E-state index in [2.05, 4.69) is 15.1 Å². The van der Waals surface area contributed by atoms with E-state index >= 15 is 9.18 Å². The molecule has 0 N–H and O–H groups in total. The second-order valence-corrected chi connectivity index (χ2v) is 20.6. The van der Waals surface area contributed by atoms with Crippen LogP contribution in [0.5, 0.6) is 0 Å². The van der Waals surface area contributed by atoms with E-state index in [0.29, 0.717) is 71.3 Å². The summed E-state index contributed by atoms with van der Waals surface area (Å²) in [6.07, 6.45) is 10.1. The number of likely N-dealkylation sites (tertiary alicyclic amines) is 2. The number of carbonyl (C=O) groups is 2. The van der Waals surface area contributed by atoms with Crippen LogP contribution in [0.1, 0.15) is 65.2 Å². The van der Waals surface area contributed by atoms with Crippen molar-refractivity contribution >= 4 is 28.6 Å². The van der Waals surface area contributed by atoms with E-state index in [9.17, 15) is 26.7 Å². The van der Waals surface area contributed by atoms with Gasteiger partial charge in [0.25, 0.3) is 11.8 Å². The number of aromatic nitrogens is 9. The normalized spacial score (nSPS) is 20.1. The van der Waals surface area contributed by atoms with Crippen LogP contribution >= 0.6 is 0 Å². The molecule has 0 bridgehead atoms. The number of hydrogen-bond donors (Lipinski definition) is 0. The highest BCUT2D eigenvalue weighted by Crippen LogP contribution is 2.50. The number of benzene rings is 2. The number of alkyl halides is 3. The van der Waals surface area contributed by atoms with E-state index in [-0.39, 0.29) is 69.6 Å². The van der Waals surface area contributed by atoms with Gasteiger partial charge in [-0.2, -0.15) is 28.5 Å². The maximum Gasteiger partial charge on any atom is 0.416 e. The zero-order valence-corrected chi connectivity index (χ0v) is 42.0. The van der Waals surface area contributed by atoms with Crippen LogP contribution in [-0.4, -0.2) is 89.8 Å². The molecule has 392 valence electrons. The number of allylic oxidation sites excluding steroid dienone is 6. The molecule has 2 aliphatic carbocycles. The Labute approximate surface area is 442 Å². The Kier molecular flexibility index (Phi) is 11.7. The molecule has 2 aliphatic heterocycles. The van der Waals surface area contributed by atoms with E-state index in [1.807, 2.05) is 53.9 Å². The second-order valence-electron chi connectivity index (χ2n) is 20.6. The lowest BCUT2D eigenvalue weighted by atomic mass is 9.96. The number of halogens is 6. The molecule has 13 nitrogen and oxygen atoms in total. The first-order valence-electron chi connectivity index (χ1n) is 25.7. The fraction of sp³-hybridized carbons (Fsp3) is 0.237. The largest absolute Gasteiger partial charge is 0.416 e. The van der Waals surface area contributed by atoms with Gasteiger partial charge in [0.2, 0.25) is 0 Å². The van der Waals surface area contributed by atoms with Crippen LogP contribution < -0.4 is 0 Å². The van der Waals surface area contributed by atoms with E-state index in [1.54, 1.807) is 81.1 Å². The third-order valence-electron chi connectivity index (χ3n) is 15.7. The van der Waals surface area contributed by atoms with Crippen LogP contribution in [0.25, 0.3) is 61.8 Å². The molecule has 13 rings (SSSR count). The molecule has 2 aromatic carbocycles. The first-order valence-corrected chi connectivity index (χ1v) is 25.7. The van der Waals surface area contributed by atoms with Gasteiger partial charge in [-0.25, -0.2) is 22.7 Å². The van der Waals surface area contributed by atoms with Crippen LogP contribution in [0.2, 0.25) is 0 Å². The topological polar surface area (TPSA) is 124 Å². The molecule has 2 amide bonds. The minimum atomic E-state index is -4.65. The van der Waals surface area contributed by atoms with Gasteiger partial charge in [-0.05, 0) is 116 Å². The minimum Gasteiger partial charge on any atom is -0.332 e. The van der Waals surface area contributed by atoms with Gasteiger partial charge in [0.15, 0.2) is 0 Å². The van der Waals surface area contributed by atoms with E-state index in [0.717, 1.165) is 42.3 Å². The Morgan fingerprint density at radius 3 is 2.22 bits per heavy atom. The third kappa shape index (κ3) is 8.66. The smallest absolute Gasteiger partial charge is 0.332 e. The van der Waals surface area contributed by atoms with Crippen molar-refractivity contribution in [2.45, 2.75) is 70.5 Å². The summed E-state index contributed by atoms with van der Waals surface area (Å²) in [7, 11) is 0. The number of hydrogen-bond acceptors (Lipinski definition) is 7. The lowest BCUT2D eigenvalue weighted by molar-refractivity contribution is -0.137. The SMILES string of the molecule is CC1=C(c2ccn(C[C@@H]3C[C@@H]4C[C@@H]4N3C(=O)c3c(-c4ccccc4F)nn4cc(-c5ccc(-c6nc7cc(C(F)(F)F)ccn7c6C(=O)N6CC[C@H]6Cn6ccc(-c7ccc(F)cn7)n6)cc5)ccc34)n2)C=CC(F)=CC1C. The van der Waals surface area contributed by atoms with Gasteiger partial charge in [0.05, 0.1) is 59.4 Å². The van der Waals surface area contributed by atoms with Gasteiger partial charge >= 0.3 is 6.18 Å². The van der Waals surface area contributed by atoms with E-state index < -0.39 is 29.3 Å². The number of nitrogens with zero attached hydrogens (tertiary/aromatic N) is 11. The molecule has 9 heterocycles. The summed E-state index contributed by atoms with van der Waals surface area (Å²) >= 11 is 0. The van der Waals surface area contributed by atoms with Gasteiger partial charge in [-0.3, -0.25) is 28.3 Å². The first kappa shape index (κ1) is 48.8. The monoisotopic (exact) mass is 1060 g/mol. The van der Waals surface area contributed by atoms with Crippen molar-refractivity contribution < 1.29 is 35.9 Å². The van der Waals surface area contributed by atoms with Crippen LogP contribution in [0.4, 0.5) is 26.3 Å². The molecule has 2 saturated heterocycles. The molecule has 4 aliphatic rings. The summed E-state index contributed by atoms with van der Waals surface area (Å²) in [4.78, 5) is 42.1. The Balaban J connectivity index is 0.801.